The quantitative estimate of drug-likeness (QED) is 0.645. The van der Waals surface area contributed by atoms with Gasteiger partial charge in [0, 0.05) is 11.3 Å². The van der Waals surface area contributed by atoms with E-state index in [0.29, 0.717) is 35.8 Å². The molecule has 1 atom stereocenters. The second kappa shape index (κ2) is 8.92. The fourth-order valence-electron chi connectivity index (χ4n) is 3.40. The normalized spacial score (nSPS) is 15.1. The number of benzene rings is 3. The highest BCUT2D eigenvalue weighted by Gasteiger charge is 2.31. The predicted octanol–water partition coefficient (Wildman–Crippen LogP) is 4.44. The molecule has 1 aliphatic heterocycles. The minimum atomic E-state index is -0.586. The number of para-hydroxylation sites is 1. The Hall–Kier alpha value is -3.80. The highest BCUT2D eigenvalue weighted by atomic mass is 16.5. The van der Waals surface area contributed by atoms with E-state index < -0.39 is 6.10 Å². The lowest BCUT2D eigenvalue weighted by Gasteiger charge is -2.33. The summed E-state index contributed by atoms with van der Waals surface area (Å²) in [6.45, 7) is 4.40. The lowest BCUT2D eigenvalue weighted by Crippen LogP contribution is -2.46. The van der Waals surface area contributed by atoms with Crippen molar-refractivity contribution < 1.29 is 19.1 Å². The summed E-state index contributed by atoms with van der Waals surface area (Å²) in [5.74, 6) is 0.984. The van der Waals surface area contributed by atoms with E-state index in [-0.39, 0.29) is 11.8 Å². The topological polar surface area (TPSA) is 67.9 Å². The Morgan fingerprint density at radius 1 is 1.06 bits per heavy atom. The Kier molecular flexibility index (Phi) is 5.89. The van der Waals surface area contributed by atoms with Gasteiger partial charge >= 0.3 is 0 Å². The van der Waals surface area contributed by atoms with Crippen molar-refractivity contribution in [3.8, 4) is 11.5 Å². The van der Waals surface area contributed by atoms with Crippen LogP contribution in [0, 0.1) is 6.92 Å². The van der Waals surface area contributed by atoms with Crippen LogP contribution in [0.15, 0.2) is 72.8 Å². The predicted molar refractivity (Wildman–Crippen MR) is 120 cm³/mol. The molecular formula is C25H24N2O4. The standard InChI is InChI=1S/C25H24N2O4/c1-17-8-10-19(11-9-17)24(28)26-20-12-13-23-22(16-20)27(25(29)18(2)31-23)14-15-30-21-6-4-3-5-7-21/h3-13,16,18H,14-15H2,1-2H3,(H,26,28). The molecule has 31 heavy (non-hydrogen) atoms. The van der Waals surface area contributed by atoms with Crippen molar-refractivity contribution >= 4 is 23.2 Å². The number of nitrogens with zero attached hydrogens (tertiary/aromatic N) is 1. The Morgan fingerprint density at radius 3 is 2.55 bits per heavy atom. The molecule has 6 nitrogen and oxygen atoms in total. The maximum Gasteiger partial charge on any atom is 0.267 e. The van der Waals surface area contributed by atoms with Gasteiger partial charge in [-0.15, -0.1) is 0 Å². The summed E-state index contributed by atoms with van der Waals surface area (Å²) in [6.07, 6.45) is -0.586. The van der Waals surface area contributed by atoms with Crippen LogP contribution in [0.1, 0.15) is 22.8 Å². The van der Waals surface area contributed by atoms with Gasteiger partial charge in [-0.2, -0.15) is 0 Å². The number of nitrogens with one attached hydrogen (secondary N) is 1. The van der Waals surface area contributed by atoms with Crippen LogP contribution in [0.3, 0.4) is 0 Å². The number of ether oxygens (including phenoxy) is 2. The van der Waals surface area contributed by atoms with E-state index in [4.69, 9.17) is 9.47 Å². The number of fused-ring (bicyclic) bond motifs is 1. The third-order valence-electron chi connectivity index (χ3n) is 5.07. The molecular weight excluding hydrogens is 392 g/mol. The Labute approximate surface area is 181 Å². The van der Waals surface area contributed by atoms with Gasteiger partial charge in [0.25, 0.3) is 11.8 Å². The van der Waals surface area contributed by atoms with Crippen LogP contribution in [0.4, 0.5) is 11.4 Å². The first-order chi connectivity index (χ1) is 15.0. The lowest BCUT2D eigenvalue weighted by molar-refractivity contribution is -0.125. The Bertz CT molecular complexity index is 1080. The van der Waals surface area contributed by atoms with E-state index in [1.165, 1.54) is 0 Å². The number of rotatable bonds is 6. The van der Waals surface area contributed by atoms with Gasteiger partial charge in [0.15, 0.2) is 6.10 Å². The van der Waals surface area contributed by atoms with Crippen LogP contribution in [0.25, 0.3) is 0 Å². The number of anilines is 2. The zero-order valence-electron chi connectivity index (χ0n) is 17.5. The smallest absolute Gasteiger partial charge is 0.267 e. The summed E-state index contributed by atoms with van der Waals surface area (Å²) < 4.78 is 11.5. The average Bonchev–Trinajstić information content (AvgIpc) is 2.78. The molecule has 0 aliphatic carbocycles. The van der Waals surface area contributed by atoms with Crippen molar-refractivity contribution in [3.05, 3.63) is 83.9 Å². The van der Waals surface area contributed by atoms with Gasteiger partial charge < -0.3 is 19.7 Å². The van der Waals surface area contributed by atoms with Gasteiger partial charge in [-0.3, -0.25) is 9.59 Å². The van der Waals surface area contributed by atoms with Crippen LogP contribution in [-0.4, -0.2) is 31.1 Å². The van der Waals surface area contributed by atoms with E-state index in [1.54, 1.807) is 42.2 Å². The fraction of sp³-hybridized carbons (Fsp3) is 0.200. The van der Waals surface area contributed by atoms with E-state index in [1.807, 2.05) is 49.4 Å². The summed E-state index contributed by atoms with van der Waals surface area (Å²) in [6, 6.07) is 22.1. The molecule has 0 aromatic heterocycles. The molecule has 4 rings (SSSR count). The molecule has 1 N–H and O–H groups in total. The first-order valence-corrected chi connectivity index (χ1v) is 10.2. The molecule has 0 spiro atoms. The Morgan fingerprint density at radius 2 is 1.81 bits per heavy atom. The third kappa shape index (κ3) is 4.69. The van der Waals surface area contributed by atoms with E-state index in [9.17, 15) is 9.59 Å². The second-order valence-corrected chi connectivity index (χ2v) is 7.41. The van der Waals surface area contributed by atoms with Crippen molar-refractivity contribution in [1.82, 2.24) is 0 Å². The van der Waals surface area contributed by atoms with Crippen LogP contribution in [-0.2, 0) is 4.79 Å². The molecule has 1 aliphatic rings. The molecule has 0 radical (unpaired) electrons. The molecule has 3 aromatic carbocycles. The number of hydrogen-bond acceptors (Lipinski definition) is 4. The molecule has 0 bridgehead atoms. The van der Waals surface area contributed by atoms with Crippen LogP contribution < -0.4 is 19.7 Å². The first-order valence-electron chi connectivity index (χ1n) is 10.2. The largest absolute Gasteiger partial charge is 0.492 e. The highest BCUT2D eigenvalue weighted by Crippen LogP contribution is 2.36. The van der Waals surface area contributed by atoms with Crippen LogP contribution in [0.2, 0.25) is 0 Å². The molecule has 1 unspecified atom stereocenters. The summed E-state index contributed by atoms with van der Waals surface area (Å²) in [5, 5.41) is 2.89. The number of hydrogen-bond donors (Lipinski definition) is 1. The molecule has 6 heteroatoms. The number of carbonyl (C=O) groups is 2. The summed E-state index contributed by atoms with van der Waals surface area (Å²) in [4.78, 5) is 27.0. The second-order valence-electron chi connectivity index (χ2n) is 7.41. The fourth-order valence-corrected chi connectivity index (χ4v) is 3.40. The van der Waals surface area contributed by atoms with E-state index in [2.05, 4.69) is 5.32 Å². The van der Waals surface area contributed by atoms with Crippen molar-refractivity contribution in [2.45, 2.75) is 20.0 Å². The maximum atomic E-state index is 12.8. The summed E-state index contributed by atoms with van der Waals surface area (Å²) >= 11 is 0. The monoisotopic (exact) mass is 416 g/mol. The molecule has 2 amide bonds. The number of aryl methyl sites for hydroxylation is 1. The van der Waals surface area contributed by atoms with Gasteiger partial charge in [-0.25, -0.2) is 0 Å². The zero-order chi connectivity index (χ0) is 21.8. The minimum Gasteiger partial charge on any atom is -0.492 e. The molecule has 0 saturated carbocycles. The highest BCUT2D eigenvalue weighted by molar-refractivity contribution is 6.05. The third-order valence-corrected chi connectivity index (χ3v) is 5.07. The maximum absolute atomic E-state index is 12.8. The molecule has 1 heterocycles. The zero-order valence-corrected chi connectivity index (χ0v) is 17.5. The van der Waals surface area contributed by atoms with E-state index >= 15 is 0 Å². The first kappa shape index (κ1) is 20.5. The minimum absolute atomic E-state index is 0.147. The van der Waals surface area contributed by atoms with Gasteiger partial charge in [-0.05, 0) is 56.3 Å². The number of amides is 2. The number of carbonyl (C=O) groups excluding carboxylic acids is 2. The van der Waals surface area contributed by atoms with Crippen molar-refractivity contribution in [2.75, 3.05) is 23.4 Å². The molecule has 3 aromatic rings. The van der Waals surface area contributed by atoms with Crippen LogP contribution >= 0.6 is 0 Å². The molecule has 0 fully saturated rings. The molecule has 158 valence electrons. The van der Waals surface area contributed by atoms with Crippen molar-refractivity contribution in [3.63, 3.8) is 0 Å². The van der Waals surface area contributed by atoms with Gasteiger partial charge in [-0.1, -0.05) is 35.9 Å². The van der Waals surface area contributed by atoms with Gasteiger partial charge in [0.05, 0.1) is 12.2 Å². The van der Waals surface area contributed by atoms with E-state index in [0.717, 1.165) is 11.3 Å². The van der Waals surface area contributed by atoms with Gasteiger partial charge in [0.1, 0.15) is 18.1 Å². The Balaban J connectivity index is 1.51. The summed E-state index contributed by atoms with van der Waals surface area (Å²) in [7, 11) is 0. The molecule has 0 saturated heterocycles. The van der Waals surface area contributed by atoms with Gasteiger partial charge in [0.2, 0.25) is 0 Å². The van der Waals surface area contributed by atoms with Crippen molar-refractivity contribution in [1.29, 1.82) is 0 Å². The average molecular weight is 416 g/mol. The van der Waals surface area contributed by atoms with Crippen LogP contribution in [0.5, 0.6) is 11.5 Å². The van der Waals surface area contributed by atoms with Crippen molar-refractivity contribution in [2.24, 2.45) is 0 Å². The summed E-state index contributed by atoms with van der Waals surface area (Å²) in [5.41, 5.74) is 2.85. The lowest BCUT2D eigenvalue weighted by atomic mass is 10.1. The SMILES string of the molecule is Cc1ccc(C(=O)Nc2ccc3c(c2)N(CCOc2ccccc2)C(=O)C(C)O3)cc1.